The number of piperidine rings is 2. The van der Waals surface area contributed by atoms with E-state index in [1.54, 1.807) is 6.07 Å². The predicted molar refractivity (Wildman–Crippen MR) is 185 cm³/mol. The molecule has 2 saturated heterocycles. The molecule has 2 N–H and O–H groups in total. The van der Waals surface area contributed by atoms with E-state index in [2.05, 4.69) is 40.4 Å². The molecule has 2 aliphatic heterocycles. The Bertz CT molecular complexity index is 2160. The van der Waals surface area contributed by atoms with Crippen molar-refractivity contribution in [3.05, 3.63) is 90.5 Å². The van der Waals surface area contributed by atoms with Crippen molar-refractivity contribution in [1.29, 1.82) is 0 Å². The van der Waals surface area contributed by atoms with Crippen molar-refractivity contribution in [2.75, 3.05) is 36.0 Å². The smallest absolute Gasteiger partial charge is 0.327 e. The van der Waals surface area contributed by atoms with Gasteiger partial charge in [-0.05, 0) is 61.8 Å². The van der Waals surface area contributed by atoms with E-state index in [-0.39, 0.29) is 11.2 Å². The Hall–Kier alpha value is -4.82. The van der Waals surface area contributed by atoms with Crippen molar-refractivity contribution < 1.29 is 0 Å². The topological polar surface area (TPSA) is 159 Å². The minimum absolute atomic E-state index is 0.0895. The highest BCUT2D eigenvalue weighted by Crippen LogP contribution is 2.29. The molecule has 0 atom stereocenters. The van der Waals surface area contributed by atoms with Crippen molar-refractivity contribution in [3.8, 4) is 0 Å². The zero-order chi connectivity index (χ0) is 33.0. The van der Waals surface area contributed by atoms with Gasteiger partial charge < -0.3 is 9.80 Å². The summed E-state index contributed by atoms with van der Waals surface area (Å²) in [5.41, 5.74) is 2.61. The number of aromatic nitrogens is 10. The van der Waals surface area contributed by atoms with Gasteiger partial charge in [-0.3, -0.25) is 14.8 Å². The Morgan fingerprint density at radius 1 is 0.646 bits per heavy atom. The van der Waals surface area contributed by atoms with Gasteiger partial charge in [-0.1, -0.05) is 70.0 Å². The molecule has 0 aliphatic carbocycles. The first-order valence-electron chi connectivity index (χ1n) is 16.1. The molecule has 48 heavy (non-hydrogen) atoms. The average Bonchev–Trinajstić information content (AvgIpc) is 3.71. The molecule has 6 heterocycles. The van der Waals surface area contributed by atoms with Crippen molar-refractivity contribution in [3.63, 3.8) is 0 Å². The first kappa shape index (κ1) is 31.8. The van der Waals surface area contributed by atoms with E-state index in [1.165, 1.54) is 43.2 Å². The largest absolute Gasteiger partial charge is 0.355 e. The van der Waals surface area contributed by atoms with Crippen LogP contribution in [0.5, 0.6) is 0 Å². The molecule has 16 heteroatoms. The van der Waals surface area contributed by atoms with Crippen LogP contribution in [0.4, 0.5) is 11.8 Å². The van der Waals surface area contributed by atoms with Crippen LogP contribution < -0.4 is 21.0 Å². The van der Waals surface area contributed by atoms with Crippen LogP contribution in [0.15, 0.2) is 58.1 Å². The summed E-state index contributed by atoms with van der Waals surface area (Å²) < 4.78 is 3.28. The van der Waals surface area contributed by atoms with Gasteiger partial charge in [0.2, 0.25) is 5.95 Å². The van der Waals surface area contributed by atoms with Crippen molar-refractivity contribution in [2.24, 2.45) is 0 Å². The highest BCUT2D eigenvalue weighted by atomic mass is 35.5. The van der Waals surface area contributed by atoms with E-state index in [0.717, 1.165) is 65.3 Å². The van der Waals surface area contributed by atoms with Gasteiger partial charge in [-0.2, -0.15) is 9.97 Å². The third-order valence-electron chi connectivity index (χ3n) is 8.59. The Kier molecular flexibility index (Phi) is 9.34. The zero-order valence-corrected chi connectivity index (χ0v) is 27.7. The van der Waals surface area contributed by atoms with Crippen molar-refractivity contribution >= 4 is 57.3 Å². The summed E-state index contributed by atoms with van der Waals surface area (Å²) in [7, 11) is 0. The number of nitrogens with one attached hydrogen (secondary N) is 2. The fourth-order valence-corrected chi connectivity index (χ4v) is 6.47. The van der Waals surface area contributed by atoms with Crippen molar-refractivity contribution in [1.82, 2.24) is 49.9 Å². The molecule has 0 radical (unpaired) electrons. The molecule has 0 bridgehead atoms. The summed E-state index contributed by atoms with van der Waals surface area (Å²) in [6.45, 7) is 4.92. The van der Waals surface area contributed by atoms with Gasteiger partial charge >= 0.3 is 5.69 Å². The lowest BCUT2D eigenvalue weighted by molar-refractivity contribution is 0.562. The molecular weight excluding hydrogens is 655 g/mol. The molecule has 0 spiro atoms. The maximum atomic E-state index is 11.5. The van der Waals surface area contributed by atoms with Crippen LogP contribution in [0.2, 0.25) is 10.0 Å². The molecule has 0 amide bonds. The minimum atomic E-state index is -0.597. The quantitative estimate of drug-likeness (QED) is 0.257. The fourth-order valence-electron chi connectivity index (χ4n) is 6.08. The number of H-pyrrole nitrogens is 2. The maximum Gasteiger partial charge on any atom is 0.327 e. The van der Waals surface area contributed by atoms with Crippen LogP contribution in [0.25, 0.3) is 22.3 Å². The van der Waals surface area contributed by atoms with Gasteiger partial charge in [0, 0.05) is 36.2 Å². The lowest BCUT2D eigenvalue weighted by Crippen LogP contribution is -2.34. The second-order valence-electron chi connectivity index (χ2n) is 11.9. The number of rotatable bonds is 6. The minimum Gasteiger partial charge on any atom is -0.355 e. The monoisotopic (exact) mass is 688 g/mol. The summed E-state index contributed by atoms with van der Waals surface area (Å²) in [5, 5.41) is 17.8. The first-order chi connectivity index (χ1) is 23.4. The molecule has 2 aliphatic rings. The average molecular weight is 690 g/mol. The van der Waals surface area contributed by atoms with E-state index in [1.807, 2.05) is 47.1 Å². The molecule has 248 valence electrons. The summed E-state index contributed by atoms with van der Waals surface area (Å²) in [6, 6.07) is 15.1. The van der Waals surface area contributed by atoms with E-state index in [9.17, 15) is 9.59 Å². The van der Waals surface area contributed by atoms with Gasteiger partial charge in [-0.15, -0.1) is 10.2 Å². The molecule has 0 unspecified atom stereocenters. The number of nitrogens with zero attached hydrogens (tertiary/aromatic N) is 10. The Morgan fingerprint density at radius 2 is 1.21 bits per heavy atom. The number of aromatic amines is 2. The van der Waals surface area contributed by atoms with Gasteiger partial charge in [0.1, 0.15) is 0 Å². The van der Waals surface area contributed by atoms with Crippen LogP contribution in [0.1, 0.15) is 49.7 Å². The number of halogens is 2. The number of benzene rings is 2. The second kappa shape index (κ2) is 14.1. The molecule has 8 rings (SSSR count). The van der Waals surface area contributed by atoms with Gasteiger partial charge in [-0.25, -0.2) is 14.2 Å². The van der Waals surface area contributed by atoms with Crippen LogP contribution in [-0.4, -0.2) is 76.1 Å². The highest BCUT2D eigenvalue weighted by Gasteiger charge is 2.24. The SMILES string of the molecule is Clc1ccccc1Cn1nnc2c(N3CCCCC3)nc(N3CCCCC3)nc21.O=c1[nH]c(=O)c2nnn(Cc3ccccc3Cl)c2[nH]1. The summed E-state index contributed by atoms with van der Waals surface area (Å²) in [4.78, 5) is 42.0. The highest BCUT2D eigenvalue weighted by molar-refractivity contribution is 6.31. The van der Waals surface area contributed by atoms with Gasteiger partial charge in [0.05, 0.1) is 13.1 Å². The number of hydrogen-bond acceptors (Lipinski definition) is 10. The summed E-state index contributed by atoms with van der Waals surface area (Å²) in [5.74, 6) is 1.74. The second-order valence-corrected chi connectivity index (χ2v) is 12.7. The number of anilines is 2. The van der Waals surface area contributed by atoms with Gasteiger partial charge in [0.25, 0.3) is 5.56 Å². The van der Waals surface area contributed by atoms with Crippen LogP contribution in [0.3, 0.4) is 0 Å². The maximum absolute atomic E-state index is 11.5. The Balaban J connectivity index is 0.000000166. The summed E-state index contributed by atoms with van der Waals surface area (Å²) in [6.07, 6.45) is 7.33. The van der Waals surface area contributed by atoms with E-state index in [4.69, 9.17) is 33.2 Å². The summed E-state index contributed by atoms with van der Waals surface area (Å²) >= 11 is 12.4. The first-order valence-corrected chi connectivity index (χ1v) is 16.8. The van der Waals surface area contributed by atoms with E-state index < -0.39 is 11.2 Å². The lowest BCUT2D eigenvalue weighted by atomic mass is 10.1. The van der Waals surface area contributed by atoms with E-state index in [0.29, 0.717) is 18.1 Å². The van der Waals surface area contributed by atoms with Gasteiger partial charge in [0.15, 0.2) is 28.1 Å². The number of hydrogen-bond donors (Lipinski definition) is 2. The molecule has 14 nitrogen and oxygen atoms in total. The molecular formula is C32H34Cl2N12O2. The third-order valence-corrected chi connectivity index (χ3v) is 9.33. The van der Waals surface area contributed by atoms with Crippen LogP contribution >= 0.6 is 23.2 Å². The fraction of sp³-hybridized carbons (Fsp3) is 0.375. The Morgan fingerprint density at radius 3 is 1.85 bits per heavy atom. The molecule has 2 fully saturated rings. The molecule has 4 aromatic heterocycles. The normalized spacial score (nSPS) is 15.1. The zero-order valence-electron chi connectivity index (χ0n) is 26.1. The number of fused-ring (bicyclic) bond motifs is 2. The molecule has 6 aromatic rings. The van der Waals surface area contributed by atoms with Crippen LogP contribution in [0, 0.1) is 0 Å². The molecule has 2 aromatic carbocycles. The molecule has 0 saturated carbocycles. The lowest BCUT2D eigenvalue weighted by Gasteiger charge is -2.30. The van der Waals surface area contributed by atoms with Crippen LogP contribution in [-0.2, 0) is 13.1 Å². The standard InChI is InChI=1S/C21H26ClN7.C11H8ClN5O2/c22-17-10-4-3-9-16(17)15-29-20-18(25-26-29)19(27-11-5-1-6-12-27)23-21(24-20)28-13-7-2-8-14-28;12-7-4-2-1-3-6(7)5-17-9-8(15-16-17)10(18)14-11(19)13-9/h3-4,9-10H,1-2,5-8,11-15H2;1-4H,5H2,(H2,13,14,18,19). The van der Waals surface area contributed by atoms with Crippen molar-refractivity contribution in [2.45, 2.75) is 51.6 Å². The predicted octanol–water partition coefficient (Wildman–Crippen LogP) is 4.41. The third kappa shape index (κ3) is 6.76. The van der Waals surface area contributed by atoms with E-state index >= 15 is 0 Å². The Labute approximate surface area is 284 Å².